The maximum atomic E-state index is 9.75. The molecule has 0 amide bonds. The van der Waals surface area contributed by atoms with Gasteiger partial charge in [-0.15, -0.1) is 0 Å². The normalized spacial score (nSPS) is 23.4. The standard InChI is InChI=1S/C15H26N4O/c1-10-9-16-14(19-15(2,3)4)18-13(10)17-11-6-5-7-12(20)8-11/h9,11-12,20H,5-8H2,1-4H3,(H2,16,17,18,19). The number of aliphatic hydroxyl groups is 1. The monoisotopic (exact) mass is 278 g/mol. The van der Waals surface area contributed by atoms with Crippen LogP contribution in [0.5, 0.6) is 0 Å². The van der Waals surface area contributed by atoms with E-state index in [2.05, 4.69) is 41.4 Å². The first-order valence-corrected chi connectivity index (χ1v) is 7.40. The van der Waals surface area contributed by atoms with Crippen LogP contribution in [0.15, 0.2) is 6.20 Å². The van der Waals surface area contributed by atoms with E-state index >= 15 is 0 Å². The molecule has 3 N–H and O–H groups in total. The Kier molecular flexibility index (Phi) is 4.48. The molecule has 0 aromatic carbocycles. The maximum absolute atomic E-state index is 9.75. The zero-order valence-corrected chi connectivity index (χ0v) is 12.9. The number of nitrogens with one attached hydrogen (secondary N) is 2. The Balaban J connectivity index is 2.08. The largest absolute Gasteiger partial charge is 0.393 e. The third-order valence-corrected chi connectivity index (χ3v) is 3.45. The van der Waals surface area contributed by atoms with E-state index in [4.69, 9.17) is 0 Å². The molecule has 1 aliphatic rings. The summed E-state index contributed by atoms with van der Waals surface area (Å²) in [4.78, 5) is 8.88. The average Bonchev–Trinajstić information content (AvgIpc) is 2.32. The molecule has 0 bridgehead atoms. The molecule has 20 heavy (non-hydrogen) atoms. The van der Waals surface area contributed by atoms with Gasteiger partial charge < -0.3 is 15.7 Å². The van der Waals surface area contributed by atoms with Crippen molar-refractivity contribution in [2.45, 2.75) is 71.1 Å². The fourth-order valence-electron chi connectivity index (χ4n) is 2.47. The molecule has 2 unspecified atom stereocenters. The zero-order valence-electron chi connectivity index (χ0n) is 12.9. The van der Waals surface area contributed by atoms with Crippen molar-refractivity contribution < 1.29 is 5.11 Å². The summed E-state index contributed by atoms with van der Waals surface area (Å²) in [6.07, 6.45) is 5.51. The van der Waals surface area contributed by atoms with Gasteiger partial charge in [-0.3, -0.25) is 0 Å². The summed E-state index contributed by atoms with van der Waals surface area (Å²) in [7, 11) is 0. The van der Waals surface area contributed by atoms with Crippen molar-refractivity contribution in [2.24, 2.45) is 0 Å². The molecule has 1 saturated carbocycles. The highest BCUT2D eigenvalue weighted by Gasteiger charge is 2.21. The lowest BCUT2D eigenvalue weighted by Crippen LogP contribution is -2.31. The highest BCUT2D eigenvalue weighted by atomic mass is 16.3. The van der Waals surface area contributed by atoms with Gasteiger partial charge in [0.25, 0.3) is 0 Å². The zero-order chi connectivity index (χ0) is 14.8. The van der Waals surface area contributed by atoms with Gasteiger partial charge in [-0.2, -0.15) is 4.98 Å². The quantitative estimate of drug-likeness (QED) is 0.793. The average molecular weight is 278 g/mol. The third kappa shape index (κ3) is 4.34. The molecule has 0 saturated heterocycles. The Hall–Kier alpha value is -1.36. The lowest BCUT2D eigenvalue weighted by atomic mass is 9.93. The summed E-state index contributed by atoms with van der Waals surface area (Å²) in [5.74, 6) is 1.51. The first-order chi connectivity index (χ1) is 9.33. The summed E-state index contributed by atoms with van der Waals surface area (Å²) in [6.45, 7) is 8.25. The van der Waals surface area contributed by atoms with Crippen molar-refractivity contribution in [3.63, 3.8) is 0 Å². The second-order valence-corrected chi connectivity index (χ2v) is 6.76. The van der Waals surface area contributed by atoms with Crippen LogP contribution in [-0.2, 0) is 0 Å². The molecule has 0 radical (unpaired) electrons. The summed E-state index contributed by atoms with van der Waals surface area (Å²) >= 11 is 0. The van der Waals surface area contributed by atoms with Crippen LogP contribution in [0.1, 0.15) is 52.0 Å². The Bertz CT molecular complexity index is 456. The van der Waals surface area contributed by atoms with E-state index in [0.717, 1.165) is 37.1 Å². The number of hydrogen-bond acceptors (Lipinski definition) is 5. The van der Waals surface area contributed by atoms with Crippen molar-refractivity contribution in [2.75, 3.05) is 10.6 Å². The molecular formula is C15H26N4O. The molecule has 5 heteroatoms. The second-order valence-electron chi connectivity index (χ2n) is 6.76. The van der Waals surface area contributed by atoms with Crippen LogP contribution in [0, 0.1) is 6.92 Å². The van der Waals surface area contributed by atoms with Crippen LogP contribution in [0.4, 0.5) is 11.8 Å². The Morgan fingerprint density at radius 3 is 2.70 bits per heavy atom. The number of hydrogen-bond donors (Lipinski definition) is 3. The smallest absolute Gasteiger partial charge is 0.225 e. The lowest BCUT2D eigenvalue weighted by Gasteiger charge is -2.28. The Labute approximate surface area is 121 Å². The molecule has 0 aliphatic heterocycles. The molecule has 0 spiro atoms. The topological polar surface area (TPSA) is 70.1 Å². The SMILES string of the molecule is Cc1cnc(NC(C)(C)C)nc1NC1CCCC(O)C1. The fourth-order valence-corrected chi connectivity index (χ4v) is 2.47. The molecule has 1 aromatic heterocycles. The third-order valence-electron chi connectivity index (χ3n) is 3.45. The van der Waals surface area contributed by atoms with Crippen molar-refractivity contribution in [1.82, 2.24) is 9.97 Å². The van der Waals surface area contributed by atoms with Crippen molar-refractivity contribution in [3.05, 3.63) is 11.8 Å². The highest BCUT2D eigenvalue weighted by Crippen LogP contribution is 2.23. The number of aryl methyl sites for hydroxylation is 1. The van der Waals surface area contributed by atoms with Gasteiger partial charge in [0.05, 0.1) is 6.10 Å². The van der Waals surface area contributed by atoms with E-state index in [1.165, 1.54) is 0 Å². The number of aliphatic hydroxyl groups excluding tert-OH is 1. The molecule has 112 valence electrons. The predicted molar refractivity (Wildman–Crippen MR) is 82.0 cm³/mol. The van der Waals surface area contributed by atoms with Gasteiger partial charge in [-0.1, -0.05) is 0 Å². The molecule has 5 nitrogen and oxygen atoms in total. The Morgan fingerprint density at radius 1 is 1.30 bits per heavy atom. The number of rotatable bonds is 3. The van der Waals surface area contributed by atoms with Gasteiger partial charge in [0, 0.05) is 23.3 Å². The van der Waals surface area contributed by atoms with E-state index in [1.807, 2.05) is 13.1 Å². The van der Waals surface area contributed by atoms with Gasteiger partial charge >= 0.3 is 0 Å². The van der Waals surface area contributed by atoms with Crippen molar-refractivity contribution >= 4 is 11.8 Å². The summed E-state index contributed by atoms with van der Waals surface area (Å²) < 4.78 is 0. The van der Waals surface area contributed by atoms with Crippen molar-refractivity contribution in [1.29, 1.82) is 0 Å². The van der Waals surface area contributed by atoms with Gasteiger partial charge in [0.15, 0.2) is 0 Å². The van der Waals surface area contributed by atoms with E-state index < -0.39 is 0 Å². The molecule has 2 atom stereocenters. The van der Waals surface area contributed by atoms with E-state index in [9.17, 15) is 5.11 Å². The minimum atomic E-state index is -0.185. The summed E-state index contributed by atoms with van der Waals surface area (Å²) in [5, 5.41) is 16.5. The van der Waals surface area contributed by atoms with Crippen LogP contribution in [0.3, 0.4) is 0 Å². The Morgan fingerprint density at radius 2 is 2.05 bits per heavy atom. The van der Waals surface area contributed by atoms with E-state index in [0.29, 0.717) is 12.0 Å². The molecule has 1 aliphatic carbocycles. The molecule has 1 heterocycles. The minimum absolute atomic E-state index is 0.0619. The molecule has 1 fully saturated rings. The lowest BCUT2D eigenvalue weighted by molar-refractivity contribution is 0.124. The van der Waals surface area contributed by atoms with Crippen molar-refractivity contribution in [3.8, 4) is 0 Å². The number of nitrogens with zero attached hydrogens (tertiary/aromatic N) is 2. The van der Waals surface area contributed by atoms with E-state index in [-0.39, 0.29) is 11.6 Å². The van der Waals surface area contributed by atoms with Crippen LogP contribution in [0.25, 0.3) is 0 Å². The van der Waals surface area contributed by atoms with Gasteiger partial charge in [-0.05, 0) is 53.4 Å². The van der Waals surface area contributed by atoms with Crippen LogP contribution in [-0.4, -0.2) is 32.8 Å². The summed E-state index contributed by atoms with van der Waals surface area (Å²) in [5.41, 5.74) is 0.970. The highest BCUT2D eigenvalue weighted by molar-refractivity contribution is 5.47. The maximum Gasteiger partial charge on any atom is 0.225 e. The van der Waals surface area contributed by atoms with Crippen LogP contribution < -0.4 is 10.6 Å². The number of anilines is 2. The van der Waals surface area contributed by atoms with E-state index in [1.54, 1.807) is 0 Å². The number of aromatic nitrogens is 2. The van der Waals surface area contributed by atoms with Crippen LogP contribution >= 0.6 is 0 Å². The molecule has 1 aromatic rings. The first kappa shape index (κ1) is 15.0. The van der Waals surface area contributed by atoms with Gasteiger partial charge in [0.2, 0.25) is 5.95 Å². The molecular weight excluding hydrogens is 252 g/mol. The predicted octanol–water partition coefficient (Wildman–Crippen LogP) is 2.71. The van der Waals surface area contributed by atoms with Gasteiger partial charge in [0.1, 0.15) is 5.82 Å². The fraction of sp³-hybridized carbons (Fsp3) is 0.733. The van der Waals surface area contributed by atoms with Gasteiger partial charge in [-0.25, -0.2) is 4.98 Å². The summed E-state index contributed by atoms with van der Waals surface area (Å²) in [6, 6.07) is 0.301. The minimum Gasteiger partial charge on any atom is -0.393 e. The first-order valence-electron chi connectivity index (χ1n) is 7.40. The molecule has 2 rings (SSSR count). The van der Waals surface area contributed by atoms with Crippen LogP contribution in [0.2, 0.25) is 0 Å². The second kappa shape index (κ2) is 5.95.